The van der Waals surface area contributed by atoms with Crippen LogP contribution in [0.4, 0.5) is 11.4 Å². The topological polar surface area (TPSA) is 93.5 Å². The molecule has 4 aromatic rings. The van der Waals surface area contributed by atoms with Crippen molar-refractivity contribution in [3.05, 3.63) is 86.1 Å². The summed E-state index contributed by atoms with van der Waals surface area (Å²) in [4.78, 5) is 15.1. The van der Waals surface area contributed by atoms with Crippen molar-refractivity contribution in [1.82, 2.24) is 9.78 Å². The maximum atomic E-state index is 10.9. The monoisotopic (exact) mass is 464 g/mol. The van der Waals surface area contributed by atoms with Crippen molar-refractivity contribution in [2.24, 2.45) is 4.99 Å². The van der Waals surface area contributed by atoms with Gasteiger partial charge < -0.3 is 5.11 Å². The molecule has 0 atom stereocenters. The van der Waals surface area contributed by atoms with Crippen LogP contribution in [0.5, 0.6) is 5.75 Å². The van der Waals surface area contributed by atoms with Gasteiger partial charge in [-0.3, -0.25) is 15.1 Å². The summed E-state index contributed by atoms with van der Waals surface area (Å²) in [6.45, 7) is 3.73. The first-order valence-corrected chi connectivity index (χ1v) is 9.91. The number of rotatable bonds is 4. The molecule has 150 valence electrons. The molecule has 0 spiro atoms. The van der Waals surface area contributed by atoms with Gasteiger partial charge in [-0.05, 0) is 55.0 Å². The SMILES string of the molecule is Cc1nn(-c2ccc([N+](=O)[O-])cc2)c(C)c1N=Cc1c(O)ccc2cc(Br)ccc12. The molecule has 0 bridgehead atoms. The van der Waals surface area contributed by atoms with Gasteiger partial charge in [0, 0.05) is 28.4 Å². The van der Waals surface area contributed by atoms with Gasteiger partial charge in [0.25, 0.3) is 5.69 Å². The first-order valence-electron chi connectivity index (χ1n) is 9.11. The molecule has 0 amide bonds. The van der Waals surface area contributed by atoms with E-state index in [0.717, 1.165) is 20.9 Å². The number of nitro benzene ring substituents is 1. The minimum Gasteiger partial charge on any atom is -0.507 e. The van der Waals surface area contributed by atoms with Crippen LogP contribution in [0.2, 0.25) is 0 Å². The molecule has 1 heterocycles. The summed E-state index contributed by atoms with van der Waals surface area (Å²) in [5.41, 5.74) is 3.55. The molecule has 8 heteroatoms. The Bertz CT molecular complexity index is 1310. The summed E-state index contributed by atoms with van der Waals surface area (Å²) in [5, 5.41) is 27.6. The lowest BCUT2D eigenvalue weighted by molar-refractivity contribution is -0.384. The standard InChI is InChI=1S/C22H17BrN4O3/c1-13-22(14(2)26(25-13)17-5-7-18(8-6-17)27(29)30)24-12-20-19-9-4-16(23)11-15(19)3-10-21(20)28/h3-12,28H,1-2H3. The number of non-ortho nitro benzene ring substituents is 1. The molecule has 4 rings (SSSR count). The lowest BCUT2D eigenvalue weighted by Crippen LogP contribution is -1.99. The van der Waals surface area contributed by atoms with Crippen LogP contribution >= 0.6 is 15.9 Å². The molecular formula is C22H17BrN4O3. The number of aliphatic imine (C=N–C) groups is 1. The quantitative estimate of drug-likeness (QED) is 0.235. The Morgan fingerprint density at radius 3 is 2.57 bits per heavy atom. The largest absolute Gasteiger partial charge is 0.507 e. The summed E-state index contributed by atoms with van der Waals surface area (Å²) in [6.07, 6.45) is 1.64. The number of fused-ring (bicyclic) bond motifs is 1. The number of halogens is 1. The van der Waals surface area contributed by atoms with E-state index in [0.29, 0.717) is 22.6 Å². The third kappa shape index (κ3) is 3.57. The average Bonchev–Trinajstić information content (AvgIpc) is 3.01. The number of aromatic nitrogens is 2. The Balaban J connectivity index is 1.75. The van der Waals surface area contributed by atoms with Crippen molar-refractivity contribution < 1.29 is 10.0 Å². The van der Waals surface area contributed by atoms with Crippen LogP contribution in [0.1, 0.15) is 17.0 Å². The van der Waals surface area contributed by atoms with E-state index < -0.39 is 4.92 Å². The molecule has 1 aromatic heterocycles. The second-order valence-corrected chi connectivity index (χ2v) is 7.74. The second-order valence-electron chi connectivity index (χ2n) is 6.83. The maximum absolute atomic E-state index is 10.9. The highest BCUT2D eigenvalue weighted by atomic mass is 79.9. The average molecular weight is 465 g/mol. The molecule has 0 aliphatic carbocycles. The number of hydrogen-bond donors (Lipinski definition) is 1. The van der Waals surface area contributed by atoms with E-state index >= 15 is 0 Å². The van der Waals surface area contributed by atoms with Crippen molar-refractivity contribution in [3.63, 3.8) is 0 Å². The Hall–Kier alpha value is -3.52. The zero-order chi connectivity index (χ0) is 21.4. The van der Waals surface area contributed by atoms with E-state index in [1.807, 2.05) is 38.1 Å². The summed E-state index contributed by atoms with van der Waals surface area (Å²) < 4.78 is 2.66. The zero-order valence-electron chi connectivity index (χ0n) is 16.2. The van der Waals surface area contributed by atoms with Gasteiger partial charge in [0.1, 0.15) is 11.4 Å². The fourth-order valence-corrected chi connectivity index (χ4v) is 3.75. The van der Waals surface area contributed by atoms with Gasteiger partial charge in [-0.15, -0.1) is 0 Å². The smallest absolute Gasteiger partial charge is 0.269 e. The molecule has 3 aromatic carbocycles. The number of benzene rings is 3. The van der Waals surface area contributed by atoms with E-state index in [1.54, 1.807) is 29.1 Å². The molecule has 0 radical (unpaired) electrons. The van der Waals surface area contributed by atoms with Crippen LogP contribution in [-0.4, -0.2) is 26.0 Å². The fourth-order valence-electron chi connectivity index (χ4n) is 3.37. The number of aromatic hydroxyl groups is 1. The Morgan fingerprint density at radius 2 is 1.87 bits per heavy atom. The van der Waals surface area contributed by atoms with Crippen LogP contribution in [0.25, 0.3) is 16.5 Å². The molecule has 0 fully saturated rings. The van der Waals surface area contributed by atoms with Gasteiger partial charge in [0.15, 0.2) is 0 Å². The number of nitrogens with zero attached hydrogens (tertiary/aromatic N) is 4. The zero-order valence-corrected chi connectivity index (χ0v) is 17.8. The highest BCUT2D eigenvalue weighted by molar-refractivity contribution is 9.10. The van der Waals surface area contributed by atoms with Crippen LogP contribution in [-0.2, 0) is 0 Å². The van der Waals surface area contributed by atoms with Gasteiger partial charge in [-0.25, -0.2) is 4.68 Å². The lowest BCUT2D eigenvalue weighted by Gasteiger charge is -2.06. The third-order valence-corrected chi connectivity index (χ3v) is 5.37. The third-order valence-electron chi connectivity index (χ3n) is 4.88. The highest BCUT2D eigenvalue weighted by Gasteiger charge is 2.14. The molecular weight excluding hydrogens is 448 g/mol. The minimum absolute atomic E-state index is 0.0246. The van der Waals surface area contributed by atoms with Gasteiger partial charge in [-0.2, -0.15) is 5.10 Å². The van der Waals surface area contributed by atoms with E-state index in [-0.39, 0.29) is 11.4 Å². The van der Waals surface area contributed by atoms with Crippen molar-refractivity contribution in [2.45, 2.75) is 13.8 Å². The number of phenols is 1. The van der Waals surface area contributed by atoms with Crippen molar-refractivity contribution in [1.29, 1.82) is 0 Å². The van der Waals surface area contributed by atoms with Crippen LogP contribution in [0, 0.1) is 24.0 Å². The van der Waals surface area contributed by atoms with Crippen molar-refractivity contribution in [2.75, 3.05) is 0 Å². The first-order chi connectivity index (χ1) is 14.3. The van der Waals surface area contributed by atoms with Gasteiger partial charge in [-0.1, -0.05) is 28.1 Å². The van der Waals surface area contributed by atoms with E-state index in [4.69, 9.17) is 0 Å². The molecule has 0 aliphatic heterocycles. The van der Waals surface area contributed by atoms with Crippen LogP contribution < -0.4 is 0 Å². The molecule has 0 saturated carbocycles. The molecule has 0 aliphatic rings. The number of nitro groups is 1. The Kier molecular flexibility index (Phi) is 5.09. The molecule has 0 unspecified atom stereocenters. The lowest BCUT2D eigenvalue weighted by atomic mass is 10.0. The van der Waals surface area contributed by atoms with Crippen molar-refractivity contribution in [3.8, 4) is 11.4 Å². The van der Waals surface area contributed by atoms with Crippen molar-refractivity contribution >= 4 is 44.3 Å². The number of phenolic OH excluding ortho intramolecular Hbond substituents is 1. The molecule has 7 nitrogen and oxygen atoms in total. The van der Waals surface area contributed by atoms with Gasteiger partial charge in [0.2, 0.25) is 0 Å². The predicted octanol–water partition coefficient (Wildman–Crippen LogP) is 5.77. The summed E-state index contributed by atoms with van der Waals surface area (Å²) in [5.74, 6) is 0.145. The minimum atomic E-state index is -0.435. The van der Waals surface area contributed by atoms with E-state index in [9.17, 15) is 15.2 Å². The molecule has 1 N–H and O–H groups in total. The highest BCUT2D eigenvalue weighted by Crippen LogP contribution is 2.30. The maximum Gasteiger partial charge on any atom is 0.269 e. The van der Waals surface area contributed by atoms with E-state index in [1.165, 1.54) is 12.1 Å². The van der Waals surface area contributed by atoms with Crippen LogP contribution in [0.3, 0.4) is 0 Å². The predicted molar refractivity (Wildman–Crippen MR) is 120 cm³/mol. The number of aryl methyl sites for hydroxylation is 1. The first kappa shape index (κ1) is 19.8. The number of hydrogen-bond acceptors (Lipinski definition) is 5. The Morgan fingerprint density at radius 1 is 1.13 bits per heavy atom. The summed E-state index contributed by atoms with van der Waals surface area (Å²) in [6, 6.07) is 15.5. The Labute approximate surface area is 180 Å². The molecule has 30 heavy (non-hydrogen) atoms. The summed E-state index contributed by atoms with van der Waals surface area (Å²) >= 11 is 3.46. The summed E-state index contributed by atoms with van der Waals surface area (Å²) in [7, 11) is 0. The normalized spacial score (nSPS) is 11.4. The fraction of sp³-hybridized carbons (Fsp3) is 0.0909. The van der Waals surface area contributed by atoms with E-state index in [2.05, 4.69) is 26.0 Å². The van der Waals surface area contributed by atoms with Gasteiger partial charge >= 0.3 is 0 Å². The molecule has 0 saturated heterocycles. The van der Waals surface area contributed by atoms with Crippen LogP contribution in [0.15, 0.2) is 64.1 Å². The van der Waals surface area contributed by atoms with Gasteiger partial charge in [0.05, 0.1) is 22.0 Å². The second kappa shape index (κ2) is 7.72.